The van der Waals surface area contributed by atoms with Crippen molar-refractivity contribution in [3.63, 3.8) is 0 Å². The number of rotatable bonds is 10. The van der Waals surface area contributed by atoms with Gasteiger partial charge in [-0.05, 0) is 48.2 Å². The van der Waals surface area contributed by atoms with Crippen molar-refractivity contribution in [2.45, 2.75) is 25.4 Å². The molecule has 7 nitrogen and oxygen atoms in total. The van der Waals surface area contributed by atoms with Gasteiger partial charge in [-0.1, -0.05) is 24.3 Å². The molecule has 2 heterocycles. The SMILES string of the molecule is COc1ccc(CC(=O)N[C@@H](C)[C@@H](c2cccs2)N2CCN(c3ccccc3OC)CC2)cc1OC. The molecule has 8 heteroatoms. The Labute approximate surface area is 217 Å². The van der Waals surface area contributed by atoms with Crippen LogP contribution in [0.5, 0.6) is 17.2 Å². The maximum absolute atomic E-state index is 13.0. The van der Waals surface area contributed by atoms with Crippen molar-refractivity contribution in [1.82, 2.24) is 10.2 Å². The number of nitrogens with zero attached hydrogens (tertiary/aromatic N) is 2. The molecule has 1 N–H and O–H groups in total. The summed E-state index contributed by atoms with van der Waals surface area (Å²) in [6.45, 7) is 5.69. The highest BCUT2D eigenvalue weighted by Crippen LogP contribution is 2.33. The Morgan fingerprint density at radius 3 is 2.31 bits per heavy atom. The first-order chi connectivity index (χ1) is 17.5. The van der Waals surface area contributed by atoms with Crippen molar-refractivity contribution >= 4 is 22.9 Å². The van der Waals surface area contributed by atoms with Crippen LogP contribution in [-0.2, 0) is 11.2 Å². The van der Waals surface area contributed by atoms with Crippen LogP contribution in [0.25, 0.3) is 0 Å². The summed E-state index contributed by atoms with van der Waals surface area (Å²) >= 11 is 1.74. The van der Waals surface area contributed by atoms with Crippen molar-refractivity contribution in [1.29, 1.82) is 0 Å². The third kappa shape index (κ3) is 5.94. The molecule has 0 aliphatic carbocycles. The van der Waals surface area contributed by atoms with Crippen LogP contribution in [-0.4, -0.2) is 64.4 Å². The summed E-state index contributed by atoms with van der Waals surface area (Å²) in [5.41, 5.74) is 2.01. The monoisotopic (exact) mass is 509 g/mol. The Morgan fingerprint density at radius 1 is 0.917 bits per heavy atom. The van der Waals surface area contributed by atoms with Gasteiger partial charge in [0, 0.05) is 37.1 Å². The van der Waals surface area contributed by atoms with Gasteiger partial charge in [0.15, 0.2) is 11.5 Å². The molecule has 4 rings (SSSR count). The van der Waals surface area contributed by atoms with E-state index in [1.807, 2.05) is 30.3 Å². The second-order valence-corrected chi connectivity index (χ2v) is 9.86. The molecule has 192 valence electrons. The largest absolute Gasteiger partial charge is 0.495 e. The number of carbonyl (C=O) groups excluding carboxylic acids is 1. The quantitative estimate of drug-likeness (QED) is 0.438. The van der Waals surface area contributed by atoms with Crippen molar-refractivity contribution < 1.29 is 19.0 Å². The molecule has 36 heavy (non-hydrogen) atoms. The highest BCUT2D eigenvalue weighted by Gasteiger charge is 2.31. The summed E-state index contributed by atoms with van der Waals surface area (Å²) in [5, 5.41) is 5.36. The van der Waals surface area contributed by atoms with Crippen LogP contribution in [0, 0.1) is 0 Å². The van der Waals surface area contributed by atoms with Crippen LogP contribution in [0.3, 0.4) is 0 Å². The number of nitrogens with one attached hydrogen (secondary N) is 1. The normalized spacial score (nSPS) is 15.7. The average Bonchev–Trinajstić information content (AvgIpc) is 3.43. The maximum atomic E-state index is 13.0. The van der Waals surface area contributed by atoms with Gasteiger partial charge in [-0.25, -0.2) is 0 Å². The van der Waals surface area contributed by atoms with Gasteiger partial charge in [0.25, 0.3) is 0 Å². The molecular weight excluding hydrogens is 474 g/mol. The van der Waals surface area contributed by atoms with Crippen LogP contribution in [0.2, 0.25) is 0 Å². The number of hydrogen-bond donors (Lipinski definition) is 1. The number of ether oxygens (including phenoxy) is 3. The summed E-state index contributed by atoms with van der Waals surface area (Å²) in [5.74, 6) is 2.17. The maximum Gasteiger partial charge on any atom is 0.224 e. The lowest BCUT2D eigenvalue weighted by atomic mass is 10.0. The Hall–Kier alpha value is -3.23. The number of piperazine rings is 1. The fraction of sp³-hybridized carbons (Fsp3) is 0.393. The van der Waals surface area contributed by atoms with Crippen molar-refractivity contribution in [2.75, 3.05) is 52.4 Å². The molecule has 1 aromatic heterocycles. The zero-order chi connectivity index (χ0) is 25.5. The number of carbonyl (C=O) groups is 1. The summed E-state index contributed by atoms with van der Waals surface area (Å²) in [6, 6.07) is 18.1. The number of amides is 1. The van der Waals surface area contributed by atoms with Crippen LogP contribution in [0.1, 0.15) is 23.4 Å². The van der Waals surface area contributed by atoms with Gasteiger partial charge in [0.05, 0.1) is 39.5 Å². The summed E-state index contributed by atoms with van der Waals surface area (Å²) in [7, 11) is 4.92. The van der Waals surface area contributed by atoms with E-state index in [-0.39, 0.29) is 24.4 Å². The molecule has 1 saturated heterocycles. The highest BCUT2D eigenvalue weighted by atomic mass is 32.1. The smallest absolute Gasteiger partial charge is 0.224 e. The van der Waals surface area contributed by atoms with Crippen molar-refractivity contribution in [2.24, 2.45) is 0 Å². The van der Waals surface area contributed by atoms with Gasteiger partial charge in [0.2, 0.25) is 5.91 Å². The summed E-state index contributed by atoms with van der Waals surface area (Å²) < 4.78 is 16.3. The number of hydrogen-bond acceptors (Lipinski definition) is 7. The summed E-state index contributed by atoms with van der Waals surface area (Å²) in [4.78, 5) is 19.1. The fourth-order valence-electron chi connectivity index (χ4n) is 4.89. The number of methoxy groups -OCH3 is 3. The Kier molecular flexibility index (Phi) is 8.72. The second kappa shape index (κ2) is 12.1. The van der Waals surface area contributed by atoms with E-state index in [9.17, 15) is 4.79 Å². The van der Waals surface area contributed by atoms with E-state index in [2.05, 4.69) is 51.7 Å². The molecule has 0 unspecified atom stereocenters. The lowest BCUT2D eigenvalue weighted by molar-refractivity contribution is -0.121. The Morgan fingerprint density at radius 2 is 1.64 bits per heavy atom. The van der Waals surface area contributed by atoms with Gasteiger partial charge in [-0.15, -0.1) is 11.3 Å². The first-order valence-corrected chi connectivity index (χ1v) is 13.1. The van der Waals surface area contributed by atoms with Crippen LogP contribution < -0.4 is 24.4 Å². The molecule has 0 saturated carbocycles. The van der Waals surface area contributed by atoms with Crippen molar-refractivity contribution in [3.05, 3.63) is 70.4 Å². The fourth-order valence-corrected chi connectivity index (χ4v) is 5.86. The van der Waals surface area contributed by atoms with E-state index in [1.54, 1.807) is 32.7 Å². The lowest BCUT2D eigenvalue weighted by Gasteiger charge is -2.42. The van der Waals surface area contributed by atoms with E-state index in [4.69, 9.17) is 14.2 Å². The first kappa shape index (κ1) is 25.9. The van der Waals surface area contributed by atoms with E-state index in [1.165, 1.54) is 4.88 Å². The third-order valence-corrected chi connectivity index (χ3v) is 7.59. The molecule has 1 fully saturated rings. The van der Waals surface area contributed by atoms with E-state index >= 15 is 0 Å². The van der Waals surface area contributed by atoms with Gasteiger partial charge in [-0.3, -0.25) is 9.69 Å². The van der Waals surface area contributed by atoms with Crippen molar-refractivity contribution in [3.8, 4) is 17.2 Å². The van der Waals surface area contributed by atoms with E-state index in [0.29, 0.717) is 11.5 Å². The predicted molar refractivity (Wildman–Crippen MR) is 145 cm³/mol. The molecule has 1 aliphatic rings. The van der Waals surface area contributed by atoms with Crippen LogP contribution in [0.15, 0.2) is 60.0 Å². The Bertz CT molecular complexity index is 1130. The van der Waals surface area contributed by atoms with Crippen LogP contribution >= 0.6 is 11.3 Å². The minimum Gasteiger partial charge on any atom is -0.495 e. The number of anilines is 1. The average molecular weight is 510 g/mol. The highest BCUT2D eigenvalue weighted by molar-refractivity contribution is 7.10. The molecule has 1 aliphatic heterocycles. The number of benzene rings is 2. The molecule has 2 aromatic carbocycles. The van der Waals surface area contributed by atoms with Gasteiger partial charge in [0.1, 0.15) is 5.75 Å². The second-order valence-electron chi connectivity index (χ2n) is 8.88. The van der Waals surface area contributed by atoms with Gasteiger partial charge >= 0.3 is 0 Å². The third-order valence-electron chi connectivity index (χ3n) is 6.64. The molecule has 3 aromatic rings. The zero-order valence-electron chi connectivity index (χ0n) is 21.4. The first-order valence-electron chi connectivity index (χ1n) is 12.2. The molecular formula is C28H35N3O4S. The van der Waals surface area contributed by atoms with Crippen LogP contribution in [0.4, 0.5) is 5.69 Å². The molecule has 0 spiro atoms. The minimum atomic E-state index is -0.0471. The molecule has 2 atom stereocenters. The van der Waals surface area contributed by atoms with Gasteiger partial charge in [-0.2, -0.15) is 0 Å². The number of thiophene rings is 1. The van der Waals surface area contributed by atoms with E-state index < -0.39 is 0 Å². The lowest BCUT2D eigenvalue weighted by Crippen LogP contribution is -2.52. The molecule has 0 bridgehead atoms. The predicted octanol–water partition coefficient (Wildman–Crippen LogP) is 4.38. The summed E-state index contributed by atoms with van der Waals surface area (Å²) in [6.07, 6.45) is 0.281. The minimum absolute atomic E-state index is 0.0102. The Balaban J connectivity index is 1.42. The van der Waals surface area contributed by atoms with E-state index in [0.717, 1.165) is 43.2 Å². The topological polar surface area (TPSA) is 63.3 Å². The number of para-hydroxylation sites is 2. The molecule has 1 amide bonds. The zero-order valence-corrected chi connectivity index (χ0v) is 22.2. The van der Waals surface area contributed by atoms with Gasteiger partial charge < -0.3 is 24.4 Å². The molecule has 0 radical (unpaired) electrons. The standard InChI is InChI=1S/C28H35N3O4S/c1-20(29-27(32)19-21-11-12-24(34-3)25(18-21)35-4)28(26-10-7-17-36-26)31-15-13-30(14-16-31)22-8-5-6-9-23(22)33-2/h5-12,17-18,20,28H,13-16,19H2,1-4H3,(H,29,32)/t20-,28-/m0/s1.